The van der Waals surface area contributed by atoms with Gasteiger partial charge in [-0.1, -0.05) is 23.4 Å². The maximum Gasteiger partial charge on any atom is 0.313 e. The Morgan fingerprint density at radius 1 is 1.57 bits per heavy atom. The van der Waals surface area contributed by atoms with Gasteiger partial charge in [0.05, 0.1) is 16.2 Å². The van der Waals surface area contributed by atoms with E-state index in [2.05, 4.69) is 10.1 Å². The van der Waals surface area contributed by atoms with E-state index in [0.29, 0.717) is 5.16 Å². The van der Waals surface area contributed by atoms with Gasteiger partial charge in [0.15, 0.2) is 11.0 Å². The zero-order valence-corrected chi connectivity index (χ0v) is 12.3. The first-order valence-corrected chi connectivity index (χ1v) is 6.95. The molecular formula is C11H9ClN4O4S. The molecule has 0 atom stereocenters. The van der Waals surface area contributed by atoms with E-state index in [9.17, 15) is 14.9 Å². The summed E-state index contributed by atoms with van der Waals surface area (Å²) in [5.74, 6) is -1.01. The molecule has 21 heavy (non-hydrogen) atoms. The minimum absolute atomic E-state index is 0.147. The number of benzene rings is 1. The van der Waals surface area contributed by atoms with Gasteiger partial charge in [0.1, 0.15) is 0 Å². The van der Waals surface area contributed by atoms with Crippen LogP contribution >= 0.6 is 23.4 Å². The molecule has 0 bridgehead atoms. The highest BCUT2D eigenvalue weighted by molar-refractivity contribution is 7.99. The topological polar surface area (TPSA) is 111 Å². The van der Waals surface area contributed by atoms with E-state index in [0.717, 1.165) is 11.8 Å². The van der Waals surface area contributed by atoms with Gasteiger partial charge in [0.25, 0.3) is 5.69 Å². The highest BCUT2D eigenvalue weighted by Crippen LogP contribution is 2.31. The molecule has 0 radical (unpaired) electrons. The van der Waals surface area contributed by atoms with Crippen molar-refractivity contribution >= 4 is 35.0 Å². The van der Waals surface area contributed by atoms with Crippen LogP contribution in [-0.2, 0) is 11.8 Å². The molecule has 1 N–H and O–H groups in total. The lowest BCUT2D eigenvalue weighted by Gasteiger charge is -1.98. The van der Waals surface area contributed by atoms with Crippen molar-refractivity contribution in [3.05, 3.63) is 33.3 Å². The van der Waals surface area contributed by atoms with Crippen LogP contribution in [0.15, 0.2) is 23.4 Å². The maximum atomic E-state index is 11.1. The first kappa shape index (κ1) is 15.3. The van der Waals surface area contributed by atoms with Crippen LogP contribution < -0.4 is 0 Å². The molecular weight excluding hydrogens is 320 g/mol. The molecule has 1 aromatic carbocycles. The molecule has 8 nitrogen and oxygen atoms in total. The lowest BCUT2D eigenvalue weighted by atomic mass is 10.2. The Balaban J connectivity index is 2.41. The molecule has 0 saturated carbocycles. The number of halogens is 1. The van der Waals surface area contributed by atoms with Gasteiger partial charge in [-0.2, -0.15) is 0 Å². The predicted octanol–water partition coefficient (Wildman–Crippen LogP) is 2.22. The summed E-state index contributed by atoms with van der Waals surface area (Å²) >= 11 is 6.73. The monoisotopic (exact) mass is 328 g/mol. The second-order valence-electron chi connectivity index (χ2n) is 3.94. The van der Waals surface area contributed by atoms with Crippen molar-refractivity contribution in [3.8, 4) is 11.4 Å². The number of carbonyl (C=O) groups is 1. The van der Waals surface area contributed by atoms with Crippen molar-refractivity contribution < 1.29 is 14.8 Å². The minimum atomic E-state index is -0.984. The minimum Gasteiger partial charge on any atom is -0.481 e. The number of aryl methyl sites for hydroxylation is 1. The van der Waals surface area contributed by atoms with Crippen LogP contribution in [0.3, 0.4) is 0 Å². The number of rotatable bonds is 5. The zero-order chi connectivity index (χ0) is 15.6. The summed E-state index contributed by atoms with van der Waals surface area (Å²) in [7, 11) is 1.59. The Hall–Kier alpha value is -2.13. The number of nitrogens with zero attached hydrogens (tertiary/aromatic N) is 4. The third kappa shape index (κ3) is 3.50. The fourth-order valence-electron chi connectivity index (χ4n) is 1.58. The normalized spacial score (nSPS) is 10.6. The molecule has 0 aliphatic rings. The van der Waals surface area contributed by atoms with Crippen LogP contribution in [0.2, 0.25) is 5.02 Å². The van der Waals surface area contributed by atoms with Crippen LogP contribution in [0.5, 0.6) is 0 Å². The van der Waals surface area contributed by atoms with Crippen molar-refractivity contribution in [2.75, 3.05) is 5.75 Å². The van der Waals surface area contributed by atoms with Crippen molar-refractivity contribution in [2.45, 2.75) is 5.16 Å². The fraction of sp³-hybridized carbons (Fsp3) is 0.182. The quantitative estimate of drug-likeness (QED) is 0.508. The first-order valence-electron chi connectivity index (χ1n) is 5.58. The summed E-state index contributed by atoms with van der Waals surface area (Å²) in [4.78, 5) is 25.2. The van der Waals surface area contributed by atoms with Gasteiger partial charge in [-0.25, -0.2) is 9.67 Å². The molecule has 0 spiro atoms. The Bertz CT molecular complexity index is 718. The molecule has 2 rings (SSSR count). The molecule has 0 fully saturated rings. The van der Waals surface area contributed by atoms with E-state index in [1.165, 1.54) is 22.9 Å². The van der Waals surface area contributed by atoms with Crippen LogP contribution in [0.1, 0.15) is 0 Å². The molecule has 110 valence electrons. The lowest BCUT2D eigenvalue weighted by Crippen LogP contribution is -2.00. The van der Waals surface area contributed by atoms with Gasteiger partial charge in [-0.05, 0) is 12.1 Å². The third-order valence-corrected chi connectivity index (χ3v) is 3.69. The standard InChI is InChI=1S/C11H9ClN4O4S/c1-15-11(21-5-9(17)18)13-10(14-15)7-3-2-6(12)4-8(7)16(19)20/h2-4H,5H2,1H3,(H,17,18). The zero-order valence-electron chi connectivity index (χ0n) is 10.7. The first-order chi connectivity index (χ1) is 9.88. The third-order valence-electron chi connectivity index (χ3n) is 2.45. The van der Waals surface area contributed by atoms with E-state index in [1.807, 2.05) is 0 Å². The van der Waals surface area contributed by atoms with E-state index >= 15 is 0 Å². The van der Waals surface area contributed by atoms with Crippen LogP contribution in [-0.4, -0.2) is 36.5 Å². The van der Waals surface area contributed by atoms with Gasteiger partial charge in [0.2, 0.25) is 0 Å². The Morgan fingerprint density at radius 3 is 2.90 bits per heavy atom. The Kier molecular flexibility index (Phi) is 4.43. The Morgan fingerprint density at radius 2 is 2.29 bits per heavy atom. The van der Waals surface area contributed by atoms with Crippen molar-refractivity contribution in [2.24, 2.45) is 7.05 Å². The number of nitro benzene ring substituents is 1. The summed E-state index contributed by atoms with van der Waals surface area (Å²) in [6, 6.07) is 4.18. The summed E-state index contributed by atoms with van der Waals surface area (Å²) in [5.41, 5.74) is 0.0186. The molecule has 0 aliphatic heterocycles. The lowest BCUT2D eigenvalue weighted by molar-refractivity contribution is -0.384. The molecule has 1 heterocycles. The predicted molar refractivity (Wildman–Crippen MR) is 76.5 cm³/mol. The number of carboxylic acid groups (broad SMARTS) is 1. The van der Waals surface area contributed by atoms with Crippen molar-refractivity contribution in [1.29, 1.82) is 0 Å². The summed E-state index contributed by atoms with van der Waals surface area (Å²) < 4.78 is 1.38. The van der Waals surface area contributed by atoms with Crippen molar-refractivity contribution in [3.63, 3.8) is 0 Å². The van der Waals surface area contributed by atoms with Crippen molar-refractivity contribution in [1.82, 2.24) is 14.8 Å². The van der Waals surface area contributed by atoms with E-state index in [1.54, 1.807) is 7.05 Å². The van der Waals surface area contributed by atoms with E-state index < -0.39 is 10.9 Å². The molecule has 0 unspecified atom stereocenters. The summed E-state index contributed by atoms with van der Waals surface area (Å²) in [6.45, 7) is 0. The molecule has 10 heteroatoms. The number of nitro groups is 1. The SMILES string of the molecule is Cn1nc(-c2ccc(Cl)cc2[N+](=O)[O-])nc1SCC(=O)O. The molecule has 0 amide bonds. The summed E-state index contributed by atoms with van der Waals surface area (Å²) in [6.07, 6.45) is 0. The second kappa shape index (κ2) is 6.10. The van der Waals surface area contributed by atoms with Gasteiger partial charge in [0, 0.05) is 18.1 Å². The number of hydrogen-bond donors (Lipinski definition) is 1. The smallest absolute Gasteiger partial charge is 0.313 e. The van der Waals surface area contributed by atoms with Gasteiger partial charge in [-0.15, -0.1) is 5.10 Å². The largest absolute Gasteiger partial charge is 0.481 e. The van der Waals surface area contributed by atoms with Gasteiger partial charge < -0.3 is 5.11 Å². The number of aromatic nitrogens is 3. The van der Waals surface area contributed by atoms with Gasteiger partial charge >= 0.3 is 5.97 Å². The highest BCUT2D eigenvalue weighted by atomic mass is 35.5. The number of thioether (sulfide) groups is 1. The highest BCUT2D eigenvalue weighted by Gasteiger charge is 2.20. The Labute approximate surface area is 127 Å². The summed E-state index contributed by atoms with van der Waals surface area (Å²) in [5, 5.41) is 24.4. The van der Waals surface area contributed by atoms with Crippen LogP contribution in [0.25, 0.3) is 11.4 Å². The maximum absolute atomic E-state index is 11.1. The number of hydrogen-bond acceptors (Lipinski definition) is 6. The van der Waals surface area contributed by atoms with E-state index in [4.69, 9.17) is 16.7 Å². The molecule has 2 aromatic rings. The number of aliphatic carboxylic acids is 1. The molecule has 0 saturated heterocycles. The van der Waals surface area contributed by atoms with Gasteiger partial charge in [-0.3, -0.25) is 14.9 Å². The average molecular weight is 329 g/mol. The molecule has 0 aliphatic carbocycles. The fourth-order valence-corrected chi connectivity index (χ4v) is 2.38. The van der Waals surface area contributed by atoms with Crippen LogP contribution in [0.4, 0.5) is 5.69 Å². The number of carboxylic acids is 1. The van der Waals surface area contributed by atoms with Crippen LogP contribution in [0, 0.1) is 10.1 Å². The van der Waals surface area contributed by atoms with E-state index in [-0.39, 0.29) is 27.9 Å². The average Bonchev–Trinajstić information content (AvgIpc) is 2.77. The second-order valence-corrected chi connectivity index (χ2v) is 5.32. The molecule has 1 aromatic heterocycles.